The minimum absolute atomic E-state index is 0.0668. The van der Waals surface area contributed by atoms with Crippen LogP contribution in [0.5, 0.6) is 0 Å². The third-order valence-corrected chi connectivity index (χ3v) is 1.98. The fourth-order valence-corrected chi connectivity index (χ4v) is 1.19. The molecule has 0 heterocycles. The predicted octanol–water partition coefficient (Wildman–Crippen LogP) is 1.60. The van der Waals surface area contributed by atoms with E-state index in [1.807, 2.05) is 32.0 Å². The van der Waals surface area contributed by atoms with E-state index in [1.165, 1.54) is 0 Å². The number of carbonyl (C=O) groups is 1. The summed E-state index contributed by atoms with van der Waals surface area (Å²) in [6.07, 6.45) is 5.27. The fraction of sp³-hybridized carbons (Fsp3) is 0.308. The van der Waals surface area contributed by atoms with Crippen molar-refractivity contribution >= 4 is 11.6 Å². The van der Waals surface area contributed by atoms with Gasteiger partial charge in [-0.05, 0) is 18.2 Å². The van der Waals surface area contributed by atoms with Crippen LogP contribution in [0.15, 0.2) is 24.3 Å². The van der Waals surface area contributed by atoms with Gasteiger partial charge in [-0.2, -0.15) is 0 Å². The van der Waals surface area contributed by atoms with Crippen LogP contribution in [0.4, 0.5) is 5.69 Å². The number of nitrogens with one attached hydrogen (secondary N) is 2. The molecule has 0 saturated heterocycles. The van der Waals surface area contributed by atoms with Gasteiger partial charge in [0, 0.05) is 17.3 Å². The van der Waals surface area contributed by atoms with Crippen molar-refractivity contribution in [3.63, 3.8) is 0 Å². The average Bonchev–Trinajstić information content (AvgIpc) is 2.26. The second kappa shape index (κ2) is 5.94. The van der Waals surface area contributed by atoms with E-state index in [4.69, 9.17) is 6.42 Å². The Kier molecular flexibility index (Phi) is 4.56. The summed E-state index contributed by atoms with van der Waals surface area (Å²) in [4.78, 5) is 11.5. The number of terminal acetylenes is 1. The highest BCUT2D eigenvalue weighted by molar-refractivity contribution is 5.92. The summed E-state index contributed by atoms with van der Waals surface area (Å²) in [5, 5.41) is 5.82. The minimum Gasteiger partial charge on any atom is -0.325 e. The van der Waals surface area contributed by atoms with Gasteiger partial charge in [0.2, 0.25) is 5.91 Å². The van der Waals surface area contributed by atoms with Crippen LogP contribution in [0.3, 0.4) is 0 Å². The summed E-state index contributed by atoms with van der Waals surface area (Å²) in [6, 6.07) is 7.52. The number of amides is 1. The first-order chi connectivity index (χ1) is 7.61. The topological polar surface area (TPSA) is 41.1 Å². The van der Waals surface area contributed by atoms with Gasteiger partial charge in [0.15, 0.2) is 0 Å². The number of anilines is 1. The monoisotopic (exact) mass is 216 g/mol. The molecule has 2 N–H and O–H groups in total. The molecular formula is C13H16N2O. The van der Waals surface area contributed by atoms with E-state index in [0.29, 0.717) is 12.6 Å². The van der Waals surface area contributed by atoms with Crippen LogP contribution in [0.2, 0.25) is 0 Å². The first-order valence-electron chi connectivity index (χ1n) is 5.21. The minimum atomic E-state index is -0.0668. The third-order valence-electron chi connectivity index (χ3n) is 1.98. The number of benzene rings is 1. The second-order valence-electron chi connectivity index (χ2n) is 3.81. The van der Waals surface area contributed by atoms with Gasteiger partial charge in [0.25, 0.3) is 0 Å². The van der Waals surface area contributed by atoms with Crippen LogP contribution in [0.25, 0.3) is 0 Å². The van der Waals surface area contributed by atoms with E-state index in [2.05, 4.69) is 16.6 Å². The van der Waals surface area contributed by atoms with Crippen molar-refractivity contribution in [2.75, 3.05) is 11.9 Å². The molecule has 0 fully saturated rings. The van der Waals surface area contributed by atoms with Crippen LogP contribution < -0.4 is 10.6 Å². The maximum atomic E-state index is 11.5. The van der Waals surface area contributed by atoms with Gasteiger partial charge in [-0.15, -0.1) is 6.42 Å². The molecule has 1 rings (SSSR count). The van der Waals surface area contributed by atoms with Gasteiger partial charge in [0.1, 0.15) is 0 Å². The Bertz CT molecular complexity index is 405. The molecule has 0 aliphatic heterocycles. The summed E-state index contributed by atoms with van der Waals surface area (Å²) >= 11 is 0. The van der Waals surface area contributed by atoms with Gasteiger partial charge in [-0.25, -0.2) is 0 Å². The molecule has 3 nitrogen and oxygen atoms in total. The van der Waals surface area contributed by atoms with Crippen LogP contribution in [0.1, 0.15) is 19.4 Å². The Morgan fingerprint density at radius 1 is 1.50 bits per heavy atom. The molecule has 3 heteroatoms. The Labute approximate surface area is 96.2 Å². The highest BCUT2D eigenvalue weighted by Gasteiger charge is 2.02. The smallest absolute Gasteiger partial charge is 0.238 e. The molecular weight excluding hydrogens is 200 g/mol. The Balaban J connectivity index is 2.53. The van der Waals surface area contributed by atoms with Crippen molar-refractivity contribution in [3.05, 3.63) is 29.8 Å². The van der Waals surface area contributed by atoms with E-state index in [9.17, 15) is 4.79 Å². The van der Waals surface area contributed by atoms with Crippen LogP contribution in [0, 0.1) is 12.3 Å². The Morgan fingerprint density at radius 2 is 2.25 bits per heavy atom. The molecule has 1 aromatic carbocycles. The summed E-state index contributed by atoms with van der Waals surface area (Å²) in [5.41, 5.74) is 1.49. The third kappa shape index (κ3) is 4.16. The molecule has 0 radical (unpaired) electrons. The first kappa shape index (κ1) is 12.3. The Hall–Kier alpha value is -1.79. The van der Waals surface area contributed by atoms with Crippen molar-refractivity contribution in [2.24, 2.45) is 0 Å². The summed E-state index contributed by atoms with van der Waals surface area (Å²) in [7, 11) is 0. The number of carbonyl (C=O) groups excluding carboxylic acids is 1. The highest BCUT2D eigenvalue weighted by atomic mass is 16.1. The lowest BCUT2D eigenvalue weighted by molar-refractivity contribution is -0.115. The first-order valence-corrected chi connectivity index (χ1v) is 5.21. The molecule has 0 aromatic heterocycles. The van der Waals surface area contributed by atoms with E-state index in [-0.39, 0.29) is 5.91 Å². The zero-order valence-electron chi connectivity index (χ0n) is 9.58. The number of hydrogen-bond acceptors (Lipinski definition) is 2. The van der Waals surface area contributed by atoms with Crippen LogP contribution in [-0.2, 0) is 4.79 Å². The van der Waals surface area contributed by atoms with Gasteiger partial charge < -0.3 is 10.6 Å². The van der Waals surface area contributed by atoms with Crippen molar-refractivity contribution in [2.45, 2.75) is 19.9 Å². The van der Waals surface area contributed by atoms with E-state index in [1.54, 1.807) is 6.07 Å². The molecule has 16 heavy (non-hydrogen) atoms. The second-order valence-corrected chi connectivity index (χ2v) is 3.81. The summed E-state index contributed by atoms with van der Waals surface area (Å²) in [6.45, 7) is 4.29. The summed E-state index contributed by atoms with van der Waals surface area (Å²) in [5.74, 6) is 2.46. The zero-order valence-corrected chi connectivity index (χ0v) is 9.58. The van der Waals surface area contributed by atoms with Crippen molar-refractivity contribution in [1.29, 1.82) is 0 Å². The van der Waals surface area contributed by atoms with Gasteiger partial charge in [0.05, 0.1) is 6.54 Å². The van der Waals surface area contributed by atoms with Crippen molar-refractivity contribution < 1.29 is 4.79 Å². The van der Waals surface area contributed by atoms with Gasteiger partial charge in [-0.1, -0.05) is 25.8 Å². The van der Waals surface area contributed by atoms with Crippen molar-refractivity contribution in [1.82, 2.24) is 5.32 Å². The highest BCUT2D eigenvalue weighted by Crippen LogP contribution is 2.09. The number of rotatable bonds is 4. The lowest BCUT2D eigenvalue weighted by atomic mass is 10.2. The molecule has 84 valence electrons. The van der Waals surface area contributed by atoms with E-state index < -0.39 is 0 Å². The molecule has 0 spiro atoms. The normalized spacial score (nSPS) is 9.88. The predicted molar refractivity (Wildman–Crippen MR) is 66.1 cm³/mol. The van der Waals surface area contributed by atoms with Crippen LogP contribution in [-0.4, -0.2) is 18.5 Å². The van der Waals surface area contributed by atoms with Crippen LogP contribution >= 0.6 is 0 Å². The molecule has 1 aromatic rings. The quantitative estimate of drug-likeness (QED) is 0.751. The Morgan fingerprint density at radius 3 is 2.88 bits per heavy atom. The summed E-state index contributed by atoms with van der Waals surface area (Å²) < 4.78 is 0. The van der Waals surface area contributed by atoms with Gasteiger partial charge >= 0.3 is 0 Å². The van der Waals surface area contributed by atoms with Gasteiger partial charge in [-0.3, -0.25) is 4.79 Å². The van der Waals surface area contributed by atoms with Crippen molar-refractivity contribution in [3.8, 4) is 12.3 Å². The lowest BCUT2D eigenvalue weighted by Gasteiger charge is -2.09. The molecule has 0 unspecified atom stereocenters. The largest absolute Gasteiger partial charge is 0.325 e. The number of hydrogen-bond donors (Lipinski definition) is 2. The average molecular weight is 216 g/mol. The SMILES string of the molecule is C#Cc1cccc(NC(=O)CNC(C)C)c1. The fourth-order valence-electron chi connectivity index (χ4n) is 1.19. The molecule has 0 atom stereocenters. The molecule has 0 aliphatic carbocycles. The zero-order chi connectivity index (χ0) is 12.0. The van der Waals surface area contributed by atoms with E-state index in [0.717, 1.165) is 11.3 Å². The lowest BCUT2D eigenvalue weighted by Crippen LogP contribution is -2.32. The van der Waals surface area contributed by atoms with E-state index >= 15 is 0 Å². The molecule has 0 aliphatic rings. The molecule has 1 amide bonds. The maximum Gasteiger partial charge on any atom is 0.238 e. The standard InChI is InChI=1S/C13H16N2O/c1-4-11-6-5-7-12(8-11)15-13(16)9-14-10(2)3/h1,5-8,10,14H,9H2,2-3H3,(H,15,16). The molecule has 0 bridgehead atoms. The maximum absolute atomic E-state index is 11.5. The molecule has 0 saturated carbocycles.